The number of hydrogen-bond donors (Lipinski definition) is 1. The third kappa shape index (κ3) is 5.33. The first-order chi connectivity index (χ1) is 13.3. The van der Waals surface area contributed by atoms with E-state index in [0.29, 0.717) is 18.1 Å². The second-order valence-corrected chi connectivity index (χ2v) is 7.13. The summed E-state index contributed by atoms with van der Waals surface area (Å²) in [5.74, 6) is -2.05. The Morgan fingerprint density at radius 1 is 1.32 bits per heavy atom. The number of likely N-dealkylation sites (tertiary alicyclic amines) is 1. The average molecular weight is 403 g/mol. The number of halogens is 3. The maximum Gasteiger partial charge on any atom is 0.490 e. The monoisotopic (exact) mass is 403 g/mol. The summed E-state index contributed by atoms with van der Waals surface area (Å²) in [7, 11) is 0. The zero-order valence-corrected chi connectivity index (χ0v) is 15.3. The zero-order chi connectivity index (χ0) is 20.1. The van der Waals surface area contributed by atoms with Crippen molar-refractivity contribution in [3.05, 3.63) is 24.5 Å². The van der Waals surface area contributed by atoms with E-state index >= 15 is 0 Å². The Kier molecular flexibility index (Phi) is 6.73. The molecule has 7 nitrogen and oxygen atoms in total. The fourth-order valence-corrected chi connectivity index (χ4v) is 3.85. The number of carboxylic acid groups (broad SMARTS) is 1. The van der Waals surface area contributed by atoms with Gasteiger partial charge in [-0.25, -0.2) is 4.79 Å². The first kappa shape index (κ1) is 20.8. The minimum atomic E-state index is -5.08. The molecule has 0 aromatic carbocycles. The molecule has 28 heavy (non-hydrogen) atoms. The van der Waals surface area contributed by atoms with Crippen molar-refractivity contribution in [2.45, 2.75) is 24.7 Å². The van der Waals surface area contributed by atoms with Gasteiger partial charge in [-0.1, -0.05) is 0 Å². The number of fused-ring (bicyclic) bond motifs is 1. The van der Waals surface area contributed by atoms with Crippen LogP contribution in [0, 0.1) is 5.92 Å². The third-order valence-corrected chi connectivity index (χ3v) is 5.14. The average Bonchev–Trinajstić information content (AvgIpc) is 3.31. The molecule has 1 N–H and O–H groups in total. The molecule has 4 rings (SSSR count). The Morgan fingerprint density at radius 2 is 2.11 bits per heavy atom. The SMILES string of the molecule is O=C(O)C(F)(F)F.c1cncc(N2CCO[C@H]3CN(CC4CCOC4)C[C@H]32)c1. The van der Waals surface area contributed by atoms with Gasteiger partial charge in [-0.15, -0.1) is 0 Å². The molecule has 3 atom stereocenters. The second kappa shape index (κ2) is 9.06. The predicted octanol–water partition coefficient (Wildman–Crippen LogP) is 1.64. The molecule has 4 heterocycles. The molecule has 3 aliphatic rings. The first-order valence-electron chi connectivity index (χ1n) is 9.23. The topological polar surface area (TPSA) is 75.1 Å². The zero-order valence-electron chi connectivity index (χ0n) is 15.3. The summed E-state index contributed by atoms with van der Waals surface area (Å²) in [6.45, 7) is 6.94. The lowest BCUT2D eigenvalue weighted by molar-refractivity contribution is -0.192. The van der Waals surface area contributed by atoms with Crippen molar-refractivity contribution >= 4 is 11.7 Å². The summed E-state index contributed by atoms with van der Waals surface area (Å²) < 4.78 is 43.2. The molecule has 0 radical (unpaired) electrons. The molecule has 0 aliphatic carbocycles. The van der Waals surface area contributed by atoms with Gasteiger partial charge in [0.1, 0.15) is 0 Å². The molecule has 3 saturated heterocycles. The normalized spacial score (nSPS) is 27.8. The van der Waals surface area contributed by atoms with Crippen molar-refractivity contribution in [2.75, 3.05) is 50.9 Å². The van der Waals surface area contributed by atoms with E-state index in [0.717, 1.165) is 46.0 Å². The van der Waals surface area contributed by atoms with E-state index in [1.807, 2.05) is 18.5 Å². The van der Waals surface area contributed by atoms with Crippen molar-refractivity contribution in [2.24, 2.45) is 5.92 Å². The molecular formula is C18H24F3N3O4. The Labute approximate surface area is 161 Å². The number of alkyl halides is 3. The summed E-state index contributed by atoms with van der Waals surface area (Å²) >= 11 is 0. The Balaban J connectivity index is 0.000000279. The number of carbonyl (C=O) groups is 1. The molecule has 1 aromatic heterocycles. The van der Waals surface area contributed by atoms with Gasteiger partial charge in [0.2, 0.25) is 0 Å². The quantitative estimate of drug-likeness (QED) is 0.822. The lowest BCUT2D eigenvalue weighted by Crippen LogP contribution is -2.51. The molecule has 0 saturated carbocycles. The van der Waals surface area contributed by atoms with Gasteiger partial charge in [0.15, 0.2) is 0 Å². The number of rotatable bonds is 3. The van der Waals surface area contributed by atoms with Crippen molar-refractivity contribution in [1.29, 1.82) is 0 Å². The number of anilines is 1. The van der Waals surface area contributed by atoms with E-state index in [2.05, 4.69) is 20.9 Å². The minimum Gasteiger partial charge on any atom is -0.475 e. The molecule has 0 bridgehead atoms. The minimum absolute atomic E-state index is 0.335. The van der Waals surface area contributed by atoms with Crippen molar-refractivity contribution in [3.63, 3.8) is 0 Å². The highest BCUT2D eigenvalue weighted by molar-refractivity contribution is 5.73. The molecule has 0 amide bonds. The van der Waals surface area contributed by atoms with Gasteiger partial charge < -0.3 is 19.5 Å². The second-order valence-electron chi connectivity index (χ2n) is 7.13. The number of morpholine rings is 1. The van der Waals surface area contributed by atoms with Gasteiger partial charge >= 0.3 is 12.1 Å². The van der Waals surface area contributed by atoms with Crippen LogP contribution in [0.2, 0.25) is 0 Å². The van der Waals surface area contributed by atoms with Gasteiger partial charge in [-0.2, -0.15) is 13.2 Å². The highest BCUT2D eigenvalue weighted by atomic mass is 19.4. The lowest BCUT2D eigenvalue weighted by atomic mass is 10.1. The van der Waals surface area contributed by atoms with E-state index in [9.17, 15) is 13.2 Å². The van der Waals surface area contributed by atoms with Crippen LogP contribution in [0.3, 0.4) is 0 Å². The van der Waals surface area contributed by atoms with E-state index in [-0.39, 0.29) is 0 Å². The molecular weight excluding hydrogens is 379 g/mol. The summed E-state index contributed by atoms with van der Waals surface area (Å²) in [6.07, 6.45) is 0.262. The number of carboxylic acids is 1. The molecule has 1 aromatic rings. The van der Waals surface area contributed by atoms with Crippen molar-refractivity contribution in [1.82, 2.24) is 9.88 Å². The van der Waals surface area contributed by atoms with Gasteiger partial charge in [-0.05, 0) is 24.5 Å². The number of pyridine rings is 1. The van der Waals surface area contributed by atoms with Crippen molar-refractivity contribution in [3.8, 4) is 0 Å². The first-order valence-corrected chi connectivity index (χ1v) is 9.23. The summed E-state index contributed by atoms with van der Waals surface area (Å²) in [4.78, 5) is 18.2. The molecule has 3 aliphatic heterocycles. The number of aromatic nitrogens is 1. The number of nitrogens with zero attached hydrogens (tertiary/aromatic N) is 3. The molecule has 10 heteroatoms. The van der Waals surface area contributed by atoms with Gasteiger partial charge in [0, 0.05) is 39.0 Å². The Bertz CT molecular complexity index is 641. The Hall–Kier alpha value is -1.91. The van der Waals surface area contributed by atoms with Crippen LogP contribution in [0.5, 0.6) is 0 Å². The van der Waals surface area contributed by atoms with Crippen LogP contribution in [-0.2, 0) is 14.3 Å². The predicted molar refractivity (Wildman–Crippen MR) is 94.2 cm³/mol. The van der Waals surface area contributed by atoms with E-state index in [1.165, 1.54) is 12.1 Å². The van der Waals surface area contributed by atoms with Crippen LogP contribution in [0.15, 0.2) is 24.5 Å². The maximum atomic E-state index is 10.6. The van der Waals surface area contributed by atoms with E-state index in [1.54, 1.807) is 0 Å². The largest absolute Gasteiger partial charge is 0.490 e. The summed E-state index contributed by atoms with van der Waals surface area (Å²) in [6, 6.07) is 4.64. The van der Waals surface area contributed by atoms with Crippen LogP contribution in [0.1, 0.15) is 6.42 Å². The van der Waals surface area contributed by atoms with Crippen LogP contribution in [-0.4, -0.2) is 85.3 Å². The van der Waals surface area contributed by atoms with Gasteiger partial charge in [-0.3, -0.25) is 9.88 Å². The number of ether oxygens (including phenoxy) is 2. The van der Waals surface area contributed by atoms with Gasteiger partial charge in [0.25, 0.3) is 0 Å². The van der Waals surface area contributed by atoms with Gasteiger partial charge in [0.05, 0.1) is 37.2 Å². The highest BCUT2D eigenvalue weighted by Gasteiger charge is 2.41. The lowest BCUT2D eigenvalue weighted by Gasteiger charge is -2.38. The number of aliphatic carboxylic acids is 1. The fraction of sp³-hybridized carbons (Fsp3) is 0.667. The fourth-order valence-electron chi connectivity index (χ4n) is 3.85. The molecule has 0 spiro atoms. The molecule has 156 valence electrons. The van der Waals surface area contributed by atoms with E-state index in [4.69, 9.17) is 19.4 Å². The standard InChI is InChI=1S/C16H23N3O2.C2HF3O2/c1-2-14(8-17-4-1)19-5-7-21-16-11-18(10-15(16)19)9-13-3-6-20-12-13;3-2(4,5)1(6)7/h1-2,4,8,13,15-16H,3,5-7,9-12H2;(H,6,7)/t13?,15-,16+;/m1./s1. The Morgan fingerprint density at radius 3 is 2.71 bits per heavy atom. The van der Waals surface area contributed by atoms with E-state index < -0.39 is 12.1 Å². The molecule has 3 fully saturated rings. The van der Waals surface area contributed by atoms with Crippen LogP contribution < -0.4 is 4.90 Å². The van der Waals surface area contributed by atoms with Crippen LogP contribution in [0.4, 0.5) is 18.9 Å². The summed E-state index contributed by atoms with van der Waals surface area (Å²) in [5, 5.41) is 7.12. The smallest absolute Gasteiger partial charge is 0.475 e. The highest BCUT2D eigenvalue weighted by Crippen LogP contribution is 2.28. The maximum absolute atomic E-state index is 10.6. The summed E-state index contributed by atoms with van der Waals surface area (Å²) in [5.41, 5.74) is 1.22. The molecule has 1 unspecified atom stereocenters. The van der Waals surface area contributed by atoms with Crippen molar-refractivity contribution < 1.29 is 32.5 Å². The van der Waals surface area contributed by atoms with Crippen LogP contribution >= 0.6 is 0 Å². The number of hydrogen-bond acceptors (Lipinski definition) is 6. The third-order valence-electron chi connectivity index (χ3n) is 5.14. The van der Waals surface area contributed by atoms with Crippen LogP contribution in [0.25, 0.3) is 0 Å².